The molecule has 0 aromatic heterocycles. The number of rotatable bonds is 6. The topological polar surface area (TPSA) is 21.3 Å². The fraction of sp³-hybridized carbons (Fsp3) is 0.100. The Morgan fingerprint density at radius 2 is 1.67 bits per heavy atom. The molecule has 0 saturated carbocycles. The minimum Gasteiger partial charge on any atom is -0.487 e. The molecule has 0 bridgehead atoms. The number of nitrogens with one attached hydrogen (secondary N) is 1. The van der Waals surface area contributed by atoms with Crippen molar-refractivity contribution in [3.05, 3.63) is 90.5 Å². The van der Waals surface area contributed by atoms with E-state index in [0.29, 0.717) is 28.9 Å². The molecule has 1 N–H and O–H groups in total. The first-order chi connectivity index (χ1) is 12.9. The van der Waals surface area contributed by atoms with Crippen molar-refractivity contribution in [2.45, 2.75) is 13.2 Å². The summed E-state index contributed by atoms with van der Waals surface area (Å²) in [6, 6.07) is 15.4. The highest BCUT2D eigenvalue weighted by molar-refractivity contribution is 9.11. The second-order valence-electron chi connectivity index (χ2n) is 5.76. The second-order valence-corrected chi connectivity index (χ2v) is 8.37. The number of halogens is 5. The molecule has 0 aliphatic carbocycles. The molecule has 3 rings (SSSR count). The quantitative estimate of drug-likeness (QED) is 0.348. The molecule has 140 valence electrons. The summed E-state index contributed by atoms with van der Waals surface area (Å²) in [6.45, 7) is 0.813. The van der Waals surface area contributed by atoms with E-state index in [1.807, 2.05) is 18.2 Å². The van der Waals surface area contributed by atoms with Gasteiger partial charge in [0, 0.05) is 37.9 Å². The summed E-state index contributed by atoms with van der Waals surface area (Å²) in [5.74, 6) is 0.438. The molecule has 2 nitrogen and oxygen atoms in total. The number of hydrogen-bond acceptors (Lipinski definition) is 2. The van der Waals surface area contributed by atoms with Gasteiger partial charge in [-0.25, -0.2) is 4.39 Å². The fourth-order valence-corrected chi connectivity index (χ4v) is 4.35. The predicted molar refractivity (Wildman–Crippen MR) is 116 cm³/mol. The predicted octanol–water partition coefficient (Wildman–Crippen LogP) is 7.85. The minimum atomic E-state index is -0.269. The first kappa shape index (κ1) is 20.5. The second kappa shape index (κ2) is 9.28. The average molecular weight is 534 g/mol. The highest BCUT2D eigenvalue weighted by atomic mass is 79.9. The van der Waals surface area contributed by atoms with Crippen LogP contribution in [0, 0.1) is 5.82 Å². The van der Waals surface area contributed by atoms with Crippen molar-refractivity contribution < 1.29 is 9.13 Å². The van der Waals surface area contributed by atoms with Gasteiger partial charge in [-0.15, -0.1) is 0 Å². The van der Waals surface area contributed by atoms with E-state index in [9.17, 15) is 4.39 Å². The van der Waals surface area contributed by atoms with Gasteiger partial charge in [0.05, 0.1) is 4.47 Å². The van der Waals surface area contributed by atoms with Crippen molar-refractivity contribution in [1.82, 2.24) is 0 Å². The molecule has 0 unspecified atom stereocenters. The third-order valence-electron chi connectivity index (χ3n) is 3.80. The van der Waals surface area contributed by atoms with Gasteiger partial charge in [-0.1, -0.05) is 45.2 Å². The standard InChI is InChI=1S/C20H14Br2Cl2FNO/c21-14-7-13(10-26-17-5-3-16(25)4-6-17)20(18(22)8-14)27-11-12-1-2-15(23)9-19(12)24/h1-9,26H,10-11H2. The molecule has 0 aliphatic heterocycles. The molecule has 0 fully saturated rings. The highest BCUT2D eigenvalue weighted by Crippen LogP contribution is 2.34. The summed E-state index contributed by atoms with van der Waals surface area (Å²) in [4.78, 5) is 0. The molecule has 0 heterocycles. The first-order valence-electron chi connectivity index (χ1n) is 7.96. The van der Waals surface area contributed by atoms with E-state index in [1.165, 1.54) is 12.1 Å². The normalized spacial score (nSPS) is 10.7. The summed E-state index contributed by atoms with van der Waals surface area (Å²) in [5, 5.41) is 4.41. The fourth-order valence-electron chi connectivity index (χ4n) is 2.46. The van der Waals surface area contributed by atoms with Crippen molar-refractivity contribution in [3.63, 3.8) is 0 Å². The molecule has 27 heavy (non-hydrogen) atoms. The lowest BCUT2D eigenvalue weighted by atomic mass is 10.2. The van der Waals surface area contributed by atoms with Gasteiger partial charge in [-0.2, -0.15) is 0 Å². The minimum absolute atomic E-state index is 0.269. The van der Waals surface area contributed by atoms with Crippen LogP contribution in [0.15, 0.2) is 63.5 Å². The lowest BCUT2D eigenvalue weighted by Crippen LogP contribution is -2.05. The Kier molecular flexibility index (Phi) is 7.04. The molecule has 3 aromatic carbocycles. The van der Waals surface area contributed by atoms with Crippen LogP contribution in [0.25, 0.3) is 0 Å². The molecule has 0 aliphatic rings. The zero-order valence-electron chi connectivity index (χ0n) is 13.9. The van der Waals surface area contributed by atoms with E-state index in [4.69, 9.17) is 27.9 Å². The Hall–Kier alpha value is -1.27. The van der Waals surface area contributed by atoms with Gasteiger partial charge in [0.2, 0.25) is 0 Å². The molecule has 0 spiro atoms. The van der Waals surface area contributed by atoms with Crippen molar-refractivity contribution in [2.24, 2.45) is 0 Å². The summed E-state index contributed by atoms with van der Waals surface area (Å²) in [6.07, 6.45) is 0. The average Bonchev–Trinajstić information content (AvgIpc) is 2.61. The maximum absolute atomic E-state index is 13.1. The number of hydrogen-bond donors (Lipinski definition) is 1. The summed E-state index contributed by atoms with van der Waals surface area (Å²) < 4.78 is 20.8. The third kappa shape index (κ3) is 5.61. The van der Waals surface area contributed by atoms with Crippen LogP contribution in [0.5, 0.6) is 5.75 Å². The SMILES string of the molecule is Fc1ccc(NCc2cc(Br)cc(Br)c2OCc2ccc(Cl)cc2Cl)cc1. The van der Waals surface area contributed by atoms with E-state index in [1.54, 1.807) is 24.3 Å². The number of benzene rings is 3. The van der Waals surface area contributed by atoms with Crippen molar-refractivity contribution in [3.8, 4) is 5.75 Å². The van der Waals surface area contributed by atoms with Gasteiger partial charge in [-0.05, 0) is 64.5 Å². The van der Waals surface area contributed by atoms with Crippen LogP contribution >= 0.6 is 55.1 Å². The molecular weight excluding hydrogens is 520 g/mol. The largest absolute Gasteiger partial charge is 0.487 e. The van der Waals surface area contributed by atoms with Crippen LogP contribution < -0.4 is 10.1 Å². The van der Waals surface area contributed by atoms with Gasteiger partial charge in [0.15, 0.2) is 0 Å². The molecule has 7 heteroatoms. The Balaban J connectivity index is 1.78. The monoisotopic (exact) mass is 531 g/mol. The molecule has 0 amide bonds. The third-order valence-corrected chi connectivity index (χ3v) is 5.43. The maximum atomic E-state index is 13.1. The van der Waals surface area contributed by atoms with Crippen LogP contribution in [-0.4, -0.2) is 0 Å². The van der Waals surface area contributed by atoms with Gasteiger partial charge in [-0.3, -0.25) is 0 Å². The van der Waals surface area contributed by atoms with E-state index in [0.717, 1.165) is 25.8 Å². The molecular formula is C20H14Br2Cl2FNO. The van der Waals surface area contributed by atoms with Crippen LogP contribution in [-0.2, 0) is 13.2 Å². The van der Waals surface area contributed by atoms with Gasteiger partial charge < -0.3 is 10.1 Å². The van der Waals surface area contributed by atoms with Gasteiger partial charge in [0.1, 0.15) is 18.2 Å². The highest BCUT2D eigenvalue weighted by Gasteiger charge is 2.12. The summed E-state index contributed by atoms with van der Waals surface area (Å²) >= 11 is 19.2. The lowest BCUT2D eigenvalue weighted by molar-refractivity contribution is 0.301. The first-order valence-corrected chi connectivity index (χ1v) is 10.3. The smallest absolute Gasteiger partial charge is 0.139 e. The van der Waals surface area contributed by atoms with Crippen LogP contribution in [0.2, 0.25) is 10.0 Å². The van der Waals surface area contributed by atoms with E-state index in [-0.39, 0.29) is 5.82 Å². The Labute approximate surface area is 183 Å². The number of anilines is 1. The van der Waals surface area contributed by atoms with E-state index in [2.05, 4.69) is 37.2 Å². The van der Waals surface area contributed by atoms with Crippen molar-refractivity contribution >= 4 is 60.7 Å². The van der Waals surface area contributed by atoms with Crippen LogP contribution in [0.3, 0.4) is 0 Å². The van der Waals surface area contributed by atoms with Crippen molar-refractivity contribution in [2.75, 3.05) is 5.32 Å². The molecule has 0 atom stereocenters. The Morgan fingerprint density at radius 1 is 0.926 bits per heavy atom. The zero-order chi connectivity index (χ0) is 19.4. The molecule has 0 saturated heterocycles. The van der Waals surface area contributed by atoms with Crippen molar-refractivity contribution in [1.29, 1.82) is 0 Å². The van der Waals surface area contributed by atoms with E-state index >= 15 is 0 Å². The van der Waals surface area contributed by atoms with Gasteiger partial charge >= 0.3 is 0 Å². The Morgan fingerprint density at radius 3 is 2.37 bits per heavy atom. The van der Waals surface area contributed by atoms with Gasteiger partial charge in [0.25, 0.3) is 0 Å². The maximum Gasteiger partial charge on any atom is 0.139 e. The summed E-state index contributed by atoms with van der Waals surface area (Å²) in [5.41, 5.74) is 2.60. The molecule has 0 radical (unpaired) electrons. The van der Waals surface area contributed by atoms with Crippen LogP contribution in [0.1, 0.15) is 11.1 Å². The number of ether oxygens (including phenoxy) is 1. The lowest BCUT2D eigenvalue weighted by Gasteiger charge is -2.16. The van der Waals surface area contributed by atoms with Crippen LogP contribution in [0.4, 0.5) is 10.1 Å². The molecule has 3 aromatic rings. The summed E-state index contributed by atoms with van der Waals surface area (Å²) in [7, 11) is 0. The van der Waals surface area contributed by atoms with E-state index < -0.39 is 0 Å². The Bertz CT molecular complexity index is 951. The zero-order valence-corrected chi connectivity index (χ0v) is 18.6.